The zero-order valence-corrected chi connectivity index (χ0v) is 7.80. The highest BCUT2D eigenvalue weighted by Gasteiger charge is 2.27. The quantitative estimate of drug-likeness (QED) is 0.414. The number of hydrogen-bond donors (Lipinski definition) is 0. The lowest BCUT2D eigenvalue weighted by Gasteiger charge is -1.85. The Morgan fingerprint density at radius 3 is 2.80 bits per heavy atom. The second-order valence-corrected chi connectivity index (χ2v) is 2.95. The second kappa shape index (κ2) is 3.96. The molecule has 0 unspecified atom stereocenters. The van der Waals surface area contributed by atoms with Crippen LogP contribution in [0.1, 0.15) is 5.76 Å². The van der Waals surface area contributed by atoms with E-state index in [9.17, 15) is 9.59 Å². The maximum Gasteiger partial charge on any atom is 0.342 e. The van der Waals surface area contributed by atoms with E-state index >= 15 is 0 Å². The molecule has 76 valence electrons. The molecule has 1 fully saturated rings. The van der Waals surface area contributed by atoms with Gasteiger partial charge in [-0.2, -0.15) is 0 Å². The summed E-state index contributed by atoms with van der Waals surface area (Å²) in [6.45, 7) is -0.154. The van der Waals surface area contributed by atoms with E-state index in [0.717, 1.165) is 0 Å². The molecule has 1 aromatic heterocycles. The van der Waals surface area contributed by atoms with Gasteiger partial charge in [0.1, 0.15) is 11.3 Å². The van der Waals surface area contributed by atoms with Crippen LogP contribution >= 0.6 is 0 Å². The summed E-state index contributed by atoms with van der Waals surface area (Å²) in [6.07, 6.45) is 6.21. The van der Waals surface area contributed by atoms with Crippen molar-refractivity contribution in [1.29, 1.82) is 0 Å². The van der Waals surface area contributed by atoms with E-state index in [4.69, 9.17) is 4.42 Å². The Labute approximate surface area is 85.8 Å². The number of hydrogen-bond acceptors (Lipinski definition) is 4. The summed E-state index contributed by atoms with van der Waals surface area (Å²) in [5, 5.41) is 0. The van der Waals surface area contributed by atoms with Crippen LogP contribution in [-0.4, -0.2) is 18.4 Å². The third kappa shape index (κ3) is 2.04. The number of rotatable bonds is 2. The minimum atomic E-state index is -0.566. The number of ether oxygens (including phenoxy) is 1. The smallest absolute Gasteiger partial charge is 0.342 e. The van der Waals surface area contributed by atoms with Crippen molar-refractivity contribution >= 4 is 17.8 Å². The molecule has 4 heteroatoms. The Kier molecular flexibility index (Phi) is 2.49. The van der Waals surface area contributed by atoms with Crippen LogP contribution < -0.4 is 0 Å². The second-order valence-electron chi connectivity index (χ2n) is 2.95. The number of carbonyl (C=O) groups excluding carboxylic acids is 2. The fourth-order valence-electron chi connectivity index (χ4n) is 1.19. The first kappa shape index (κ1) is 9.45. The Morgan fingerprint density at radius 2 is 2.20 bits per heavy atom. The van der Waals surface area contributed by atoms with Gasteiger partial charge in [0.15, 0.2) is 6.61 Å². The molecule has 15 heavy (non-hydrogen) atoms. The maximum absolute atomic E-state index is 11.1. The van der Waals surface area contributed by atoms with Crippen molar-refractivity contribution < 1.29 is 18.7 Å². The number of carbonyl (C=O) groups is 2. The Balaban J connectivity index is 2.11. The van der Waals surface area contributed by atoms with E-state index in [-0.39, 0.29) is 18.0 Å². The van der Waals surface area contributed by atoms with E-state index in [2.05, 4.69) is 4.74 Å². The zero-order valence-electron chi connectivity index (χ0n) is 7.80. The van der Waals surface area contributed by atoms with Crippen LogP contribution in [0.2, 0.25) is 0 Å². The Bertz CT molecular complexity index is 419. The van der Waals surface area contributed by atoms with Gasteiger partial charge in [-0.1, -0.05) is 6.08 Å². The van der Waals surface area contributed by atoms with Crippen molar-refractivity contribution in [3.63, 3.8) is 0 Å². The van der Waals surface area contributed by atoms with E-state index in [1.807, 2.05) is 0 Å². The topological polar surface area (TPSA) is 56.5 Å². The molecule has 1 saturated heterocycles. The molecule has 0 spiro atoms. The maximum atomic E-state index is 11.1. The molecule has 2 rings (SSSR count). The number of Topliss-reactive ketones (excluding diaryl/α,β-unsaturated/α-hetero) is 1. The monoisotopic (exact) mass is 204 g/mol. The minimum absolute atomic E-state index is 0.0813. The highest BCUT2D eigenvalue weighted by atomic mass is 16.5. The number of ketones is 1. The highest BCUT2D eigenvalue weighted by Crippen LogP contribution is 2.10. The van der Waals surface area contributed by atoms with Gasteiger partial charge in [-0.3, -0.25) is 4.79 Å². The molecule has 1 aromatic rings. The number of esters is 1. The summed E-state index contributed by atoms with van der Waals surface area (Å²) in [6, 6.07) is 3.52. The predicted octanol–water partition coefficient (Wildman–Crippen LogP) is 1.35. The van der Waals surface area contributed by atoms with Crippen molar-refractivity contribution in [1.82, 2.24) is 0 Å². The largest absolute Gasteiger partial charge is 0.465 e. The normalized spacial score (nSPS) is 19.1. The minimum Gasteiger partial charge on any atom is -0.465 e. The fraction of sp³-hybridized carbons (Fsp3) is 0.0909. The average molecular weight is 204 g/mol. The van der Waals surface area contributed by atoms with Crippen LogP contribution in [0.4, 0.5) is 0 Å². The summed E-state index contributed by atoms with van der Waals surface area (Å²) < 4.78 is 9.59. The van der Waals surface area contributed by atoms with Gasteiger partial charge in [-0.05, 0) is 24.3 Å². The first-order valence-corrected chi connectivity index (χ1v) is 4.39. The first-order chi connectivity index (χ1) is 7.27. The SMILES string of the molecule is O=C1COC(=O)/C1=C/C=C/c1ccco1. The third-order valence-electron chi connectivity index (χ3n) is 1.92. The zero-order chi connectivity index (χ0) is 10.7. The fourth-order valence-corrected chi connectivity index (χ4v) is 1.19. The van der Waals surface area contributed by atoms with Gasteiger partial charge in [0.2, 0.25) is 5.78 Å². The molecule has 0 N–H and O–H groups in total. The number of cyclic esters (lactones) is 1. The lowest BCUT2D eigenvalue weighted by atomic mass is 10.2. The van der Waals surface area contributed by atoms with Crippen LogP contribution in [0.25, 0.3) is 6.08 Å². The van der Waals surface area contributed by atoms with Crippen molar-refractivity contribution in [2.24, 2.45) is 0 Å². The lowest BCUT2D eigenvalue weighted by molar-refractivity contribution is -0.135. The Morgan fingerprint density at radius 1 is 1.33 bits per heavy atom. The van der Waals surface area contributed by atoms with Crippen LogP contribution in [0.3, 0.4) is 0 Å². The van der Waals surface area contributed by atoms with Crippen molar-refractivity contribution in [2.75, 3.05) is 6.61 Å². The molecule has 0 atom stereocenters. The molecule has 2 heterocycles. The molecular formula is C11H8O4. The summed E-state index contributed by atoms with van der Waals surface area (Å²) in [5.74, 6) is -0.196. The number of furan rings is 1. The van der Waals surface area contributed by atoms with Gasteiger partial charge < -0.3 is 9.15 Å². The van der Waals surface area contributed by atoms with E-state index in [1.165, 1.54) is 6.08 Å². The predicted molar refractivity (Wildman–Crippen MR) is 51.8 cm³/mol. The van der Waals surface area contributed by atoms with Gasteiger partial charge in [-0.15, -0.1) is 0 Å². The van der Waals surface area contributed by atoms with Crippen LogP contribution in [-0.2, 0) is 14.3 Å². The summed E-state index contributed by atoms with van der Waals surface area (Å²) >= 11 is 0. The van der Waals surface area contributed by atoms with Gasteiger partial charge in [0.05, 0.1) is 6.26 Å². The lowest BCUT2D eigenvalue weighted by Crippen LogP contribution is -1.99. The first-order valence-electron chi connectivity index (χ1n) is 4.39. The van der Waals surface area contributed by atoms with E-state index < -0.39 is 5.97 Å². The molecule has 0 aromatic carbocycles. The van der Waals surface area contributed by atoms with Gasteiger partial charge in [0, 0.05) is 0 Å². The summed E-state index contributed by atoms with van der Waals surface area (Å²) in [4.78, 5) is 22.1. The van der Waals surface area contributed by atoms with Gasteiger partial charge in [0.25, 0.3) is 0 Å². The summed E-state index contributed by atoms with van der Waals surface area (Å²) in [7, 11) is 0. The molecule has 1 aliphatic rings. The van der Waals surface area contributed by atoms with Crippen LogP contribution in [0.15, 0.2) is 40.5 Å². The van der Waals surface area contributed by atoms with E-state index in [1.54, 1.807) is 30.5 Å². The summed E-state index contributed by atoms with van der Waals surface area (Å²) in [5.41, 5.74) is 0.0813. The number of allylic oxidation sites excluding steroid dienone is 2. The molecule has 0 aliphatic carbocycles. The molecular weight excluding hydrogens is 196 g/mol. The average Bonchev–Trinajstić information content (AvgIpc) is 2.82. The molecule has 0 saturated carbocycles. The van der Waals surface area contributed by atoms with Crippen LogP contribution in [0.5, 0.6) is 0 Å². The highest BCUT2D eigenvalue weighted by molar-refractivity contribution is 6.22. The van der Waals surface area contributed by atoms with Crippen molar-refractivity contribution in [3.8, 4) is 0 Å². The standard InChI is InChI=1S/C11H8O4/c12-10-7-15-11(13)9(10)5-1-3-8-4-2-6-14-8/h1-6H,7H2/b3-1+,9-5+. The van der Waals surface area contributed by atoms with Gasteiger partial charge in [-0.25, -0.2) is 4.79 Å². The van der Waals surface area contributed by atoms with Crippen molar-refractivity contribution in [3.05, 3.63) is 41.9 Å². The van der Waals surface area contributed by atoms with Crippen molar-refractivity contribution in [2.45, 2.75) is 0 Å². The van der Waals surface area contributed by atoms with Gasteiger partial charge >= 0.3 is 5.97 Å². The molecule has 0 radical (unpaired) electrons. The molecule has 1 aliphatic heterocycles. The molecule has 0 amide bonds. The molecule has 4 nitrogen and oxygen atoms in total. The Hall–Kier alpha value is -2.10. The van der Waals surface area contributed by atoms with E-state index in [0.29, 0.717) is 5.76 Å². The third-order valence-corrected chi connectivity index (χ3v) is 1.92. The molecule has 0 bridgehead atoms. The van der Waals surface area contributed by atoms with Crippen LogP contribution in [0, 0.1) is 0 Å².